The van der Waals surface area contributed by atoms with Gasteiger partial charge in [0.1, 0.15) is 6.10 Å². The van der Waals surface area contributed by atoms with Gasteiger partial charge in [0.15, 0.2) is 5.69 Å². The number of carbonyl (C=O) groups excluding carboxylic acids is 1. The first-order valence-corrected chi connectivity index (χ1v) is 11.2. The van der Waals surface area contributed by atoms with Gasteiger partial charge in [-0.15, -0.1) is 11.3 Å². The molecule has 2 heterocycles. The van der Waals surface area contributed by atoms with Crippen molar-refractivity contribution in [3.63, 3.8) is 0 Å². The first-order chi connectivity index (χ1) is 13.1. The highest BCUT2D eigenvalue weighted by Crippen LogP contribution is 2.48. The molecule has 1 amide bonds. The predicted molar refractivity (Wildman–Crippen MR) is 116 cm³/mol. The number of likely N-dealkylation sites (tertiary alicyclic amines) is 1. The third kappa shape index (κ3) is 5.30. The summed E-state index contributed by atoms with van der Waals surface area (Å²) in [6.07, 6.45) is 1.05. The van der Waals surface area contributed by atoms with E-state index >= 15 is 0 Å². The van der Waals surface area contributed by atoms with Crippen molar-refractivity contribution in [2.45, 2.75) is 80.3 Å². The molecular weight excluding hydrogens is 388 g/mol. The zero-order chi connectivity index (χ0) is 22.2. The molecule has 1 unspecified atom stereocenters. The molecule has 1 aliphatic heterocycles. The van der Waals surface area contributed by atoms with Crippen LogP contribution >= 0.6 is 11.3 Å². The Morgan fingerprint density at radius 2 is 1.69 bits per heavy atom. The van der Waals surface area contributed by atoms with Gasteiger partial charge in [-0.3, -0.25) is 0 Å². The Morgan fingerprint density at radius 1 is 1.14 bits per heavy atom. The first-order valence-electron chi connectivity index (χ1n) is 10.3. The number of aromatic carboxylic acids is 1. The molecule has 29 heavy (non-hydrogen) atoms. The summed E-state index contributed by atoms with van der Waals surface area (Å²) < 4.78 is 6.12. The van der Waals surface area contributed by atoms with Gasteiger partial charge in [0.25, 0.3) is 0 Å². The molecule has 0 spiro atoms. The summed E-state index contributed by atoms with van der Waals surface area (Å²) in [6.45, 7) is 18.4. The number of rotatable bonds is 4. The zero-order valence-electron chi connectivity index (χ0n) is 19.0. The van der Waals surface area contributed by atoms with Gasteiger partial charge in [-0.25, -0.2) is 14.6 Å². The third-order valence-electron chi connectivity index (χ3n) is 6.44. The van der Waals surface area contributed by atoms with E-state index in [0.29, 0.717) is 13.1 Å². The van der Waals surface area contributed by atoms with Gasteiger partial charge in [0.2, 0.25) is 0 Å². The van der Waals surface area contributed by atoms with Gasteiger partial charge in [-0.2, -0.15) is 0 Å². The topological polar surface area (TPSA) is 79.7 Å². The predicted octanol–water partition coefficient (Wildman–Crippen LogP) is 5.64. The number of hydrogen-bond donors (Lipinski definition) is 1. The fraction of sp³-hybridized carbons (Fsp3) is 0.773. The summed E-state index contributed by atoms with van der Waals surface area (Å²) in [5, 5.41) is 11.5. The molecule has 6 nitrogen and oxygen atoms in total. The number of piperidine rings is 1. The van der Waals surface area contributed by atoms with Crippen LogP contribution < -0.4 is 0 Å². The van der Waals surface area contributed by atoms with Crippen molar-refractivity contribution in [3.05, 3.63) is 16.1 Å². The lowest BCUT2D eigenvalue weighted by Gasteiger charge is -2.49. The lowest BCUT2D eigenvalue weighted by atomic mass is 9.60. The average molecular weight is 425 g/mol. The van der Waals surface area contributed by atoms with Gasteiger partial charge >= 0.3 is 12.1 Å². The van der Waals surface area contributed by atoms with Crippen molar-refractivity contribution in [1.82, 2.24) is 9.88 Å². The summed E-state index contributed by atoms with van der Waals surface area (Å²) in [5.74, 6) is -0.801. The lowest BCUT2D eigenvalue weighted by molar-refractivity contribution is -0.100. The first kappa shape index (κ1) is 23.6. The normalized spacial score (nSPS) is 17.9. The molecule has 0 bridgehead atoms. The summed E-state index contributed by atoms with van der Waals surface area (Å²) in [6, 6.07) is 0. The molecule has 0 aromatic carbocycles. The van der Waals surface area contributed by atoms with Crippen molar-refractivity contribution in [3.8, 4) is 0 Å². The molecule has 164 valence electrons. The Morgan fingerprint density at radius 3 is 2.10 bits per heavy atom. The number of carboxylic acids is 1. The van der Waals surface area contributed by atoms with Gasteiger partial charge in [-0.1, -0.05) is 55.4 Å². The number of carbonyl (C=O) groups is 2. The van der Waals surface area contributed by atoms with E-state index in [1.54, 1.807) is 10.3 Å². The van der Waals surface area contributed by atoms with Crippen LogP contribution in [0.1, 0.15) is 89.6 Å². The lowest BCUT2D eigenvalue weighted by Crippen LogP contribution is -2.52. The second-order valence-electron chi connectivity index (χ2n) is 10.7. The van der Waals surface area contributed by atoms with E-state index in [0.717, 1.165) is 17.8 Å². The third-order valence-corrected chi connectivity index (χ3v) is 7.44. The highest BCUT2D eigenvalue weighted by molar-refractivity contribution is 7.09. The highest BCUT2D eigenvalue weighted by Gasteiger charge is 2.48. The standard InChI is InChI=1S/C22H36N2O4S/c1-20(2,3)18(22(7,8)21(4,5)6)28-19(27)24-11-9-14(10-12-24)16-23-15(13-29-16)17(25)26/h13-14,18H,9-12H2,1-8H3,(H,25,26). The van der Waals surface area contributed by atoms with Crippen LogP contribution in [-0.2, 0) is 4.74 Å². The van der Waals surface area contributed by atoms with Crippen LogP contribution in [0.3, 0.4) is 0 Å². The van der Waals surface area contributed by atoms with E-state index in [4.69, 9.17) is 9.84 Å². The smallest absolute Gasteiger partial charge is 0.410 e. The van der Waals surface area contributed by atoms with E-state index in [9.17, 15) is 9.59 Å². The number of carboxylic acid groups (broad SMARTS) is 1. The van der Waals surface area contributed by atoms with Gasteiger partial charge < -0.3 is 14.7 Å². The zero-order valence-corrected chi connectivity index (χ0v) is 19.9. The van der Waals surface area contributed by atoms with Crippen molar-refractivity contribution in [2.75, 3.05) is 13.1 Å². The van der Waals surface area contributed by atoms with Crippen LogP contribution in [0.2, 0.25) is 0 Å². The largest absolute Gasteiger partial charge is 0.476 e. The molecule has 7 heteroatoms. The second-order valence-corrected chi connectivity index (χ2v) is 11.6. The Bertz CT molecular complexity index is 735. The summed E-state index contributed by atoms with van der Waals surface area (Å²) in [4.78, 5) is 30.0. The van der Waals surface area contributed by atoms with Crippen LogP contribution in [0.15, 0.2) is 5.38 Å². The minimum atomic E-state index is -0.997. The fourth-order valence-corrected chi connectivity index (χ4v) is 4.82. The van der Waals surface area contributed by atoms with E-state index in [-0.39, 0.29) is 40.1 Å². The molecule has 0 aliphatic carbocycles. The molecule has 1 aromatic rings. The fourth-order valence-electron chi connectivity index (χ4n) is 3.86. The van der Waals surface area contributed by atoms with E-state index in [1.165, 1.54) is 11.3 Å². The maximum atomic E-state index is 13.0. The molecule has 0 saturated carbocycles. The number of amides is 1. The molecule has 1 aliphatic rings. The minimum absolute atomic E-state index is 0.0229. The van der Waals surface area contributed by atoms with Crippen LogP contribution in [-0.4, -0.2) is 46.2 Å². The van der Waals surface area contributed by atoms with Crippen LogP contribution in [0.4, 0.5) is 4.79 Å². The van der Waals surface area contributed by atoms with E-state index in [2.05, 4.69) is 60.4 Å². The molecule has 0 radical (unpaired) electrons. The van der Waals surface area contributed by atoms with Gasteiger partial charge in [0, 0.05) is 29.8 Å². The van der Waals surface area contributed by atoms with Crippen LogP contribution in [0, 0.1) is 16.2 Å². The summed E-state index contributed by atoms with van der Waals surface area (Å²) >= 11 is 1.39. The highest BCUT2D eigenvalue weighted by atomic mass is 32.1. The van der Waals surface area contributed by atoms with E-state index < -0.39 is 5.97 Å². The quantitative estimate of drug-likeness (QED) is 0.676. The Hall–Kier alpha value is -1.63. The summed E-state index contributed by atoms with van der Waals surface area (Å²) in [7, 11) is 0. The maximum Gasteiger partial charge on any atom is 0.410 e. The molecule has 2 rings (SSSR count). The molecule has 1 N–H and O–H groups in total. The number of ether oxygens (including phenoxy) is 1. The number of nitrogens with zero attached hydrogens (tertiary/aromatic N) is 2. The summed E-state index contributed by atoms with van der Waals surface area (Å²) in [5.41, 5.74) is -0.304. The van der Waals surface area contributed by atoms with Gasteiger partial charge in [-0.05, 0) is 23.7 Å². The van der Waals surface area contributed by atoms with Crippen molar-refractivity contribution >= 4 is 23.4 Å². The maximum absolute atomic E-state index is 13.0. The molecular formula is C22H36N2O4S. The molecule has 1 fully saturated rings. The molecule has 1 saturated heterocycles. The SMILES string of the molecule is CC(C)(C)C(OC(=O)N1CCC(c2nc(C(=O)O)cs2)CC1)C(C)(C)C(C)(C)C. The van der Waals surface area contributed by atoms with E-state index in [1.807, 2.05) is 0 Å². The van der Waals surface area contributed by atoms with Crippen LogP contribution in [0.5, 0.6) is 0 Å². The van der Waals surface area contributed by atoms with Crippen LogP contribution in [0.25, 0.3) is 0 Å². The monoisotopic (exact) mass is 424 g/mol. The number of hydrogen-bond acceptors (Lipinski definition) is 5. The van der Waals surface area contributed by atoms with Crippen molar-refractivity contribution in [2.24, 2.45) is 16.2 Å². The van der Waals surface area contributed by atoms with Crippen molar-refractivity contribution < 1.29 is 19.4 Å². The Kier molecular flexibility index (Phi) is 6.72. The second kappa shape index (κ2) is 8.25. The Balaban J connectivity index is 2.04. The molecule has 1 aromatic heterocycles. The molecule has 1 atom stereocenters. The minimum Gasteiger partial charge on any atom is -0.476 e. The number of aromatic nitrogens is 1. The Labute approximate surface area is 178 Å². The number of thiazole rings is 1. The average Bonchev–Trinajstić information content (AvgIpc) is 3.07. The van der Waals surface area contributed by atoms with Gasteiger partial charge in [0.05, 0.1) is 5.01 Å². The van der Waals surface area contributed by atoms with Crippen molar-refractivity contribution in [1.29, 1.82) is 0 Å².